The predicted octanol–water partition coefficient (Wildman–Crippen LogP) is -0.0508. The van der Waals surface area contributed by atoms with E-state index in [1.54, 1.807) is 0 Å². The lowest BCUT2D eigenvalue weighted by Crippen LogP contribution is -2.49. The second-order valence-electron chi connectivity index (χ2n) is 5.07. The molecule has 16 heavy (non-hydrogen) atoms. The molecule has 5 heteroatoms. The van der Waals surface area contributed by atoms with Gasteiger partial charge in [-0.15, -0.1) is 10.2 Å². The van der Waals surface area contributed by atoms with Gasteiger partial charge in [0.2, 0.25) is 0 Å². The maximum Gasteiger partial charge on any atom is 0.147 e. The van der Waals surface area contributed by atoms with Gasteiger partial charge in [-0.25, -0.2) is 0 Å². The Bertz CT molecular complexity index is 357. The molecule has 3 rings (SSSR count). The Labute approximate surface area is 95.8 Å². The number of nitrogens with one attached hydrogen (secondary N) is 1. The van der Waals surface area contributed by atoms with E-state index in [-0.39, 0.29) is 0 Å². The van der Waals surface area contributed by atoms with Gasteiger partial charge in [-0.2, -0.15) is 0 Å². The summed E-state index contributed by atoms with van der Waals surface area (Å²) in [6, 6.07) is 0. The molecule has 0 aromatic carbocycles. The molecule has 1 N–H and O–H groups in total. The van der Waals surface area contributed by atoms with Crippen LogP contribution in [0.1, 0.15) is 12.7 Å². The average Bonchev–Trinajstić information content (AvgIpc) is 2.61. The Hall–Kier alpha value is -0.940. The third-order valence-corrected chi connectivity index (χ3v) is 3.88. The number of nitrogens with zero attached hydrogens (tertiary/aromatic N) is 4. The second kappa shape index (κ2) is 4.14. The van der Waals surface area contributed by atoms with Crippen molar-refractivity contribution < 1.29 is 0 Å². The van der Waals surface area contributed by atoms with E-state index >= 15 is 0 Å². The number of hydrogen-bond donors (Lipinski definition) is 1. The third-order valence-electron chi connectivity index (χ3n) is 3.88. The molecule has 2 aliphatic heterocycles. The van der Waals surface area contributed by atoms with Crippen LogP contribution in [0.2, 0.25) is 0 Å². The summed E-state index contributed by atoms with van der Waals surface area (Å²) in [5.74, 6) is 2.78. The van der Waals surface area contributed by atoms with E-state index in [0.29, 0.717) is 0 Å². The van der Waals surface area contributed by atoms with Gasteiger partial charge in [-0.1, -0.05) is 6.92 Å². The third kappa shape index (κ3) is 1.85. The zero-order valence-corrected chi connectivity index (χ0v) is 9.76. The van der Waals surface area contributed by atoms with E-state index in [2.05, 4.69) is 31.9 Å². The molecule has 1 fully saturated rings. The van der Waals surface area contributed by atoms with Crippen molar-refractivity contribution in [2.45, 2.75) is 20.0 Å². The summed E-state index contributed by atoms with van der Waals surface area (Å²) in [6.07, 6.45) is 1.84. The van der Waals surface area contributed by atoms with E-state index < -0.39 is 0 Å². The van der Waals surface area contributed by atoms with Crippen LogP contribution < -0.4 is 5.32 Å². The van der Waals surface area contributed by atoms with Gasteiger partial charge in [0, 0.05) is 19.6 Å². The zero-order valence-electron chi connectivity index (χ0n) is 9.76. The van der Waals surface area contributed by atoms with Crippen molar-refractivity contribution in [3.05, 3.63) is 12.2 Å². The number of fused-ring (bicyclic) bond motifs is 1. The minimum Gasteiger partial charge on any atom is -0.316 e. The lowest BCUT2D eigenvalue weighted by molar-refractivity contribution is 0.141. The monoisotopic (exact) mass is 221 g/mol. The molecular weight excluding hydrogens is 202 g/mol. The quantitative estimate of drug-likeness (QED) is 0.777. The van der Waals surface area contributed by atoms with Gasteiger partial charge >= 0.3 is 0 Å². The standard InChI is InChI=1S/C11H19N5/c1-9(10-4-12-5-10)6-15-2-3-16-8-13-14-11(16)7-15/h8-10,12H,2-7H2,1H3. The fourth-order valence-corrected chi connectivity index (χ4v) is 2.54. The maximum atomic E-state index is 4.15. The van der Waals surface area contributed by atoms with Crippen LogP contribution in [-0.2, 0) is 13.1 Å². The maximum absolute atomic E-state index is 4.15. The normalized spacial score (nSPS) is 23.8. The first-order chi connectivity index (χ1) is 7.83. The Morgan fingerprint density at radius 1 is 1.50 bits per heavy atom. The molecule has 0 bridgehead atoms. The van der Waals surface area contributed by atoms with Crippen molar-refractivity contribution in [3.8, 4) is 0 Å². The summed E-state index contributed by atoms with van der Waals surface area (Å²) in [6.45, 7) is 9.10. The van der Waals surface area contributed by atoms with Crippen LogP contribution in [-0.4, -0.2) is 45.8 Å². The van der Waals surface area contributed by atoms with Gasteiger partial charge in [0.1, 0.15) is 12.2 Å². The van der Waals surface area contributed by atoms with E-state index in [1.165, 1.54) is 19.6 Å². The van der Waals surface area contributed by atoms with Gasteiger partial charge in [-0.3, -0.25) is 4.90 Å². The largest absolute Gasteiger partial charge is 0.316 e. The highest BCUT2D eigenvalue weighted by Gasteiger charge is 2.26. The summed E-state index contributed by atoms with van der Waals surface area (Å²) < 4.78 is 2.16. The molecule has 5 nitrogen and oxygen atoms in total. The fourth-order valence-electron chi connectivity index (χ4n) is 2.54. The SMILES string of the molecule is CC(CN1CCn2cnnc2C1)C1CNC1. The molecule has 1 aromatic heterocycles. The molecule has 0 spiro atoms. The van der Waals surface area contributed by atoms with E-state index in [9.17, 15) is 0 Å². The van der Waals surface area contributed by atoms with E-state index in [4.69, 9.17) is 0 Å². The highest BCUT2D eigenvalue weighted by molar-refractivity contribution is 4.91. The first-order valence-corrected chi connectivity index (χ1v) is 6.12. The summed E-state index contributed by atoms with van der Waals surface area (Å²) in [5.41, 5.74) is 0. The van der Waals surface area contributed by atoms with Crippen LogP contribution in [0.5, 0.6) is 0 Å². The Balaban J connectivity index is 1.57. The molecule has 88 valence electrons. The van der Waals surface area contributed by atoms with E-state index in [0.717, 1.165) is 37.3 Å². The highest BCUT2D eigenvalue weighted by Crippen LogP contribution is 2.19. The molecular formula is C11H19N5. The fraction of sp³-hybridized carbons (Fsp3) is 0.818. The Morgan fingerprint density at radius 2 is 2.38 bits per heavy atom. The predicted molar refractivity (Wildman–Crippen MR) is 60.8 cm³/mol. The lowest BCUT2D eigenvalue weighted by atomic mass is 9.88. The molecule has 0 radical (unpaired) electrons. The van der Waals surface area contributed by atoms with Gasteiger partial charge in [-0.05, 0) is 24.9 Å². The summed E-state index contributed by atoms with van der Waals surface area (Å²) in [5, 5.41) is 11.5. The lowest BCUT2D eigenvalue weighted by Gasteiger charge is -2.36. The molecule has 1 unspecified atom stereocenters. The number of aromatic nitrogens is 3. The Kier molecular flexibility index (Phi) is 2.65. The van der Waals surface area contributed by atoms with Gasteiger partial charge in [0.15, 0.2) is 0 Å². The van der Waals surface area contributed by atoms with Crippen LogP contribution in [0, 0.1) is 11.8 Å². The topological polar surface area (TPSA) is 46.0 Å². The highest BCUT2D eigenvalue weighted by atomic mass is 15.3. The van der Waals surface area contributed by atoms with Gasteiger partial charge in [0.25, 0.3) is 0 Å². The molecule has 0 amide bonds. The molecule has 0 saturated carbocycles. The average molecular weight is 221 g/mol. The minimum atomic E-state index is 0.788. The van der Waals surface area contributed by atoms with Crippen LogP contribution in [0.4, 0.5) is 0 Å². The van der Waals surface area contributed by atoms with Crippen LogP contribution >= 0.6 is 0 Å². The van der Waals surface area contributed by atoms with Crippen molar-refractivity contribution in [2.24, 2.45) is 11.8 Å². The van der Waals surface area contributed by atoms with Gasteiger partial charge in [0.05, 0.1) is 6.54 Å². The molecule has 0 aliphatic carbocycles. The first kappa shape index (κ1) is 10.2. The first-order valence-electron chi connectivity index (χ1n) is 6.12. The van der Waals surface area contributed by atoms with Crippen LogP contribution in [0.3, 0.4) is 0 Å². The zero-order chi connectivity index (χ0) is 11.0. The molecule has 1 aromatic rings. The van der Waals surface area contributed by atoms with Crippen molar-refractivity contribution in [3.63, 3.8) is 0 Å². The van der Waals surface area contributed by atoms with Crippen LogP contribution in [0.15, 0.2) is 6.33 Å². The molecule has 1 saturated heterocycles. The van der Waals surface area contributed by atoms with Crippen molar-refractivity contribution >= 4 is 0 Å². The Morgan fingerprint density at radius 3 is 3.12 bits per heavy atom. The summed E-state index contributed by atoms with van der Waals surface area (Å²) >= 11 is 0. The van der Waals surface area contributed by atoms with Crippen LogP contribution in [0.25, 0.3) is 0 Å². The molecule has 3 heterocycles. The molecule has 1 atom stereocenters. The number of rotatable bonds is 3. The van der Waals surface area contributed by atoms with Crippen molar-refractivity contribution in [1.29, 1.82) is 0 Å². The summed E-state index contributed by atoms with van der Waals surface area (Å²) in [4.78, 5) is 2.51. The van der Waals surface area contributed by atoms with Crippen molar-refractivity contribution in [2.75, 3.05) is 26.2 Å². The molecule has 2 aliphatic rings. The summed E-state index contributed by atoms with van der Waals surface area (Å²) in [7, 11) is 0. The van der Waals surface area contributed by atoms with Crippen molar-refractivity contribution in [1.82, 2.24) is 25.0 Å². The smallest absolute Gasteiger partial charge is 0.147 e. The second-order valence-corrected chi connectivity index (χ2v) is 5.07. The van der Waals surface area contributed by atoms with Gasteiger partial charge < -0.3 is 9.88 Å². The van der Waals surface area contributed by atoms with E-state index in [1.807, 2.05) is 6.33 Å². The minimum absolute atomic E-state index is 0.788. The number of hydrogen-bond acceptors (Lipinski definition) is 4.